The van der Waals surface area contributed by atoms with Crippen molar-refractivity contribution in [3.8, 4) is 0 Å². The van der Waals surface area contributed by atoms with E-state index in [-0.39, 0.29) is 0 Å². The highest BCUT2D eigenvalue weighted by Gasteiger charge is 2.06. The number of carbonyl (C=O) groups excluding carboxylic acids is 1. The van der Waals surface area contributed by atoms with Crippen LogP contribution in [0.15, 0.2) is 40.7 Å². The van der Waals surface area contributed by atoms with Crippen LogP contribution in [0.4, 0.5) is 5.69 Å². The smallest absolute Gasteiger partial charge is 0.0880 e. The van der Waals surface area contributed by atoms with Crippen LogP contribution in [0.5, 0.6) is 0 Å². The van der Waals surface area contributed by atoms with Crippen molar-refractivity contribution in [2.75, 3.05) is 13.1 Å². The van der Waals surface area contributed by atoms with Gasteiger partial charge in [-0.15, -0.1) is 5.11 Å². The number of aliphatic carboxylic acids is 1. The molecule has 100 valence electrons. The lowest BCUT2D eigenvalue weighted by molar-refractivity contribution is -0.297. The minimum atomic E-state index is -1.21. The van der Waals surface area contributed by atoms with E-state index in [0.717, 1.165) is 37.6 Å². The van der Waals surface area contributed by atoms with Crippen LogP contribution in [0.2, 0.25) is 0 Å². The van der Waals surface area contributed by atoms with Crippen LogP contribution in [0.25, 0.3) is 6.08 Å². The van der Waals surface area contributed by atoms with E-state index in [0.29, 0.717) is 5.69 Å². The minimum Gasteiger partial charge on any atom is -0.545 e. The first-order valence-corrected chi connectivity index (χ1v) is 6.40. The Morgan fingerprint density at radius 1 is 1.26 bits per heavy atom. The second kappa shape index (κ2) is 6.68. The molecule has 0 N–H and O–H groups in total. The number of rotatable bonds is 4. The number of hydrogen-bond acceptors (Lipinski definition) is 4. The van der Waals surface area contributed by atoms with Gasteiger partial charge in [-0.05, 0) is 43.0 Å². The van der Waals surface area contributed by atoms with Crippen LogP contribution in [0.3, 0.4) is 0 Å². The zero-order chi connectivity index (χ0) is 13.5. The molecule has 0 bridgehead atoms. The Labute approximate surface area is 112 Å². The summed E-state index contributed by atoms with van der Waals surface area (Å²) in [5.41, 5.74) is 1.48. The van der Waals surface area contributed by atoms with Crippen molar-refractivity contribution in [3.63, 3.8) is 0 Å². The van der Waals surface area contributed by atoms with Crippen LogP contribution in [-0.2, 0) is 4.79 Å². The predicted molar refractivity (Wildman–Crippen MR) is 70.4 cm³/mol. The maximum Gasteiger partial charge on any atom is 0.0880 e. The number of hydrogen-bond donors (Lipinski definition) is 0. The molecule has 1 fully saturated rings. The third kappa shape index (κ3) is 4.54. The number of carbonyl (C=O) groups is 1. The normalized spacial score (nSPS) is 16.3. The van der Waals surface area contributed by atoms with Gasteiger partial charge in [0.25, 0.3) is 0 Å². The summed E-state index contributed by atoms with van der Waals surface area (Å²) in [5.74, 6) is -1.21. The van der Waals surface area contributed by atoms with Gasteiger partial charge in [-0.25, -0.2) is 0 Å². The van der Waals surface area contributed by atoms with Gasteiger partial charge >= 0.3 is 0 Å². The van der Waals surface area contributed by atoms with Crippen molar-refractivity contribution in [1.82, 2.24) is 5.01 Å². The van der Waals surface area contributed by atoms with Crippen LogP contribution in [0.1, 0.15) is 24.8 Å². The van der Waals surface area contributed by atoms with E-state index in [4.69, 9.17) is 0 Å². The first kappa shape index (κ1) is 13.3. The van der Waals surface area contributed by atoms with Crippen molar-refractivity contribution in [3.05, 3.63) is 35.9 Å². The molecule has 19 heavy (non-hydrogen) atoms. The fourth-order valence-corrected chi connectivity index (χ4v) is 1.94. The van der Waals surface area contributed by atoms with Gasteiger partial charge in [-0.3, -0.25) is 5.01 Å². The second-order valence-corrected chi connectivity index (χ2v) is 4.45. The minimum absolute atomic E-state index is 0.714. The van der Waals surface area contributed by atoms with E-state index in [1.54, 1.807) is 12.1 Å². The van der Waals surface area contributed by atoms with Gasteiger partial charge in [-0.1, -0.05) is 23.4 Å². The molecular weight excluding hydrogens is 242 g/mol. The molecule has 0 unspecified atom stereocenters. The fraction of sp³-hybridized carbons (Fsp3) is 0.357. The van der Waals surface area contributed by atoms with Crippen molar-refractivity contribution < 1.29 is 9.90 Å². The zero-order valence-electron chi connectivity index (χ0n) is 10.7. The van der Waals surface area contributed by atoms with E-state index in [2.05, 4.69) is 10.3 Å². The summed E-state index contributed by atoms with van der Waals surface area (Å²) in [6.07, 6.45) is 6.06. The average molecular weight is 258 g/mol. The van der Waals surface area contributed by atoms with Crippen molar-refractivity contribution in [1.29, 1.82) is 0 Å². The molecule has 2 rings (SSSR count). The average Bonchev–Trinajstić information content (AvgIpc) is 2.44. The van der Waals surface area contributed by atoms with E-state index in [1.807, 2.05) is 17.1 Å². The number of piperidine rings is 1. The molecule has 0 aromatic heterocycles. The quantitative estimate of drug-likeness (QED) is 0.612. The Balaban J connectivity index is 2.01. The Bertz CT molecular complexity index is 491. The largest absolute Gasteiger partial charge is 0.545 e. The van der Waals surface area contributed by atoms with Crippen LogP contribution in [-0.4, -0.2) is 24.1 Å². The van der Waals surface area contributed by atoms with Crippen LogP contribution in [0, 0.1) is 0 Å². The summed E-state index contributed by atoms with van der Waals surface area (Å²) >= 11 is 0. The van der Waals surface area contributed by atoms with Gasteiger partial charge in [0.15, 0.2) is 0 Å². The highest BCUT2D eigenvalue weighted by molar-refractivity contribution is 5.83. The molecular formula is C14H16N3O2-. The molecule has 1 aromatic carbocycles. The molecule has 1 aliphatic rings. The monoisotopic (exact) mass is 258 g/mol. The first-order valence-electron chi connectivity index (χ1n) is 6.40. The molecule has 1 heterocycles. The predicted octanol–water partition coefficient (Wildman–Crippen LogP) is 1.93. The highest BCUT2D eigenvalue weighted by Crippen LogP contribution is 2.17. The molecule has 0 aliphatic carbocycles. The number of nitrogens with zero attached hydrogens (tertiary/aromatic N) is 3. The molecule has 0 radical (unpaired) electrons. The van der Waals surface area contributed by atoms with Crippen molar-refractivity contribution in [2.24, 2.45) is 10.3 Å². The molecule has 1 aromatic rings. The van der Waals surface area contributed by atoms with Crippen LogP contribution >= 0.6 is 0 Å². The van der Waals surface area contributed by atoms with E-state index in [9.17, 15) is 9.90 Å². The molecule has 0 saturated carbocycles. The lowest BCUT2D eigenvalue weighted by Crippen LogP contribution is -2.23. The number of benzene rings is 1. The zero-order valence-corrected chi connectivity index (χ0v) is 10.7. The number of carboxylic acid groups (broad SMARTS) is 1. The van der Waals surface area contributed by atoms with Gasteiger partial charge in [0, 0.05) is 13.1 Å². The molecule has 1 saturated heterocycles. The molecule has 0 atom stereocenters. The third-order valence-corrected chi connectivity index (χ3v) is 2.90. The fourth-order valence-electron chi connectivity index (χ4n) is 1.94. The summed E-state index contributed by atoms with van der Waals surface area (Å²) in [5, 5.41) is 20.7. The molecule has 1 aliphatic heterocycles. The second-order valence-electron chi connectivity index (χ2n) is 4.45. The Kier molecular flexibility index (Phi) is 4.66. The van der Waals surface area contributed by atoms with Gasteiger partial charge in [-0.2, -0.15) is 0 Å². The first-order chi connectivity index (χ1) is 9.24. The maximum absolute atomic E-state index is 10.3. The van der Waals surface area contributed by atoms with Gasteiger partial charge in [0.05, 0.1) is 11.7 Å². The topological polar surface area (TPSA) is 68.1 Å². The van der Waals surface area contributed by atoms with Gasteiger partial charge in [0.1, 0.15) is 0 Å². The Morgan fingerprint density at radius 2 is 2.05 bits per heavy atom. The standard InChI is InChI=1S/C14H17N3O2/c18-14(19)8-7-12-5-4-6-13(11-12)15-16-17-9-2-1-3-10-17/h4-8,11H,1-3,9-10H2,(H,18,19)/p-1/b8-7+,16-15?. The van der Waals surface area contributed by atoms with E-state index < -0.39 is 5.97 Å². The summed E-state index contributed by atoms with van der Waals surface area (Å²) in [4.78, 5) is 10.3. The SMILES string of the molecule is O=C([O-])/C=C/c1cccc(N=NN2CCCCC2)c1. The molecule has 0 spiro atoms. The summed E-state index contributed by atoms with van der Waals surface area (Å²) in [6.45, 7) is 1.90. The maximum atomic E-state index is 10.3. The highest BCUT2D eigenvalue weighted by atomic mass is 16.4. The van der Waals surface area contributed by atoms with E-state index >= 15 is 0 Å². The molecule has 5 heteroatoms. The summed E-state index contributed by atoms with van der Waals surface area (Å²) in [6, 6.07) is 7.25. The Hall–Kier alpha value is -2.17. The molecule has 5 nitrogen and oxygen atoms in total. The summed E-state index contributed by atoms with van der Waals surface area (Å²) < 4.78 is 0. The third-order valence-electron chi connectivity index (χ3n) is 2.90. The van der Waals surface area contributed by atoms with E-state index in [1.165, 1.54) is 12.5 Å². The lowest BCUT2D eigenvalue weighted by Gasteiger charge is -2.21. The van der Waals surface area contributed by atoms with Gasteiger partial charge < -0.3 is 9.90 Å². The number of carboxylic acids is 1. The van der Waals surface area contributed by atoms with Crippen molar-refractivity contribution >= 4 is 17.7 Å². The van der Waals surface area contributed by atoms with Crippen LogP contribution < -0.4 is 5.11 Å². The summed E-state index contributed by atoms with van der Waals surface area (Å²) in [7, 11) is 0. The van der Waals surface area contributed by atoms with Gasteiger partial charge in [0.2, 0.25) is 0 Å². The lowest BCUT2D eigenvalue weighted by atomic mass is 10.2. The Morgan fingerprint density at radius 3 is 2.79 bits per heavy atom. The van der Waals surface area contributed by atoms with Crippen molar-refractivity contribution in [2.45, 2.75) is 19.3 Å². The molecule has 0 amide bonds.